The fraction of sp³-hybridized carbons (Fsp3) is 0.258. The third kappa shape index (κ3) is 6.92. The Morgan fingerprint density at radius 3 is 2.19 bits per heavy atom. The van der Waals surface area contributed by atoms with Crippen molar-refractivity contribution in [1.29, 1.82) is 0 Å². The van der Waals surface area contributed by atoms with Gasteiger partial charge in [-0.05, 0) is 50.1 Å². The molecule has 3 aromatic rings. The highest BCUT2D eigenvalue weighted by molar-refractivity contribution is 6.01. The largest absolute Gasteiger partial charge is 0.505 e. The van der Waals surface area contributed by atoms with Crippen LogP contribution in [0.2, 0.25) is 0 Å². The molecule has 0 saturated carbocycles. The fourth-order valence-electron chi connectivity index (χ4n) is 4.63. The topological polar surface area (TPSA) is 157 Å². The van der Waals surface area contributed by atoms with Crippen molar-refractivity contribution in [2.45, 2.75) is 44.6 Å². The predicted molar refractivity (Wildman–Crippen MR) is 149 cm³/mol. The maximum absolute atomic E-state index is 13.6. The normalized spacial score (nSPS) is 22.3. The van der Waals surface area contributed by atoms with Crippen molar-refractivity contribution < 1.29 is 43.3 Å². The Labute approximate surface area is 241 Å². The van der Waals surface area contributed by atoms with Gasteiger partial charge in [0.25, 0.3) is 5.91 Å². The molecule has 1 aliphatic rings. The van der Waals surface area contributed by atoms with Gasteiger partial charge in [0.05, 0.1) is 16.8 Å². The highest BCUT2D eigenvalue weighted by atomic mass is 16.6. The summed E-state index contributed by atoms with van der Waals surface area (Å²) in [4.78, 5) is 63.9. The molecule has 1 fully saturated rings. The second kappa shape index (κ2) is 13.4. The van der Waals surface area contributed by atoms with Crippen LogP contribution in [-0.4, -0.2) is 59.7 Å². The molecule has 2 amide bonds. The smallest absolute Gasteiger partial charge is 0.338 e. The van der Waals surface area contributed by atoms with Gasteiger partial charge in [0, 0.05) is 0 Å². The molecule has 1 saturated heterocycles. The standard InChI is InChI=1S/C31H30N2O9/c1-18-25(33-28(36)22-14-9-15-24(26(22)35)32-17-34)31(39)41-19(2)27(42-29(37)21-12-7-4-8-13-21)23(30(38)40-18)16-20-10-5-3-6-11-20/h3-15,17-19,23,25,27,35H,16H2,1-2H3,(H,32,34)(H,33,36)/t18-,19+,23-,25+,27+/m1/s1. The van der Waals surface area contributed by atoms with E-state index in [1.165, 1.54) is 32.0 Å². The van der Waals surface area contributed by atoms with Crippen molar-refractivity contribution in [2.75, 3.05) is 5.32 Å². The first-order valence-electron chi connectivity index (χ1n) is 13.2. The van der Waals surface area contributed by atoms with Crippen LogP contribution >= 0.6 is 0 Å². The molecule has 4 rings (SSSR count). The van der Waals surface area contributed by atoms with Crippen molar-refractivity contribution in [2.24, 2.45) is 5.92 Å². The molecule has 3 N–H and O–H groups in total. The minimum atomic E-state index is -1.48. The van der Waals surface area contributed by atoms with E-state index in [0.29, 0.717) is 6.41 Å². The van der Waals surface area contributed by atoms with Crippen LogP contribution in [0.3, 0.4) is 0 Å². The first-order chi connectivity index (χ1) is 20.2. The monoisotopic (exact) mass is 574 g/mol. The van der Waals surface area contributed by atoms with Gasteiger partial charge in [0.2, 0.25) is 6.41 Å². The maximum Gasteiger partial charge on any atom is 0.338 e. The van der Waals surface area contributed by atoms with Gasteiger partial charge in [0.15, 0.2) is 17.9 Å². The first kappa shape index (κ1) is 29.8. The average molecular weight is 575 g/mol. The predicted octanol–water partition coefficient (Wildman–Crippen LogP) is 3.02. The van der Waals surface area contributed by atoms with Crippen LogP contribution in [0.1, 0.15) is 40.1 Å². The van der Waals surface area contributed by atoms with E-state index in [9.17, 15) is 29.1 Å². The van der Waals surface area contributed by atoms with Crippen molar-refractivity contribution in [3.05, 3.63) is 95.6 Å². The number of phenolic OH excluding ortho intramolecular Hbond substituents is 1. The highest BCUT2D eigenvalue weighted by Crippen LogP contribution is 2.28. The third-order valence-electron chi connectivity index (χ3n) is 6.82. The van der Waals surface area contributed by atoms with Gasteiger partial charge in [0.1, 0.15) is 18.1 Å². The van der Waals surface area contributed by atoms with E-state index in [1.54, 1.807) is 54.6 Å². The number of cyclic esters (lactones) is 2. The van der Waals surface area contributed by atoms with Crippen molar-refractivity contribution in [3.63, 3.8) is 0 Å². The molecule has 0 aliphatic carbocycles. The summed E-state index contributed by atoms with van der Waals surface area (Å²) in [7, 11) is 0. The van der Waals surface area contributed by atoms with E-state index in [-0.39, 0.29) is 23.2 Å². The molecule has 0 unspecified atom stereocenters. The minimum absolute atomic E-state index is 0.0189. The van der Waals surface area contributed by atoms with E-state index in [4.69, 9.17) is 14.2 Å². The number of rotatable bonds is 8. The first-order valence-corrected chi connectivity index (χ1v) is 13.2. The molecule has 0 radical (unpaired) electrons. The zero-order chi connectivity index (χ0) is 30.2. The molecular formula is C31H30N2O9. The van der Waals surface area contributed by atoms with Crippen LogP contribution in [0.25, 0.3) is 0 Å². The summed E-state index contributed by atoms with van der Waals surface area (Å²) < 4.78 is 17.1. The molecule has 0 bridgehead atoms. The van der Waals surface area contributed by atoms with Gasteiger partial charge in [-0.2, -0.15) is 0 Å². The number of aromatic hydroxyl groups is 1. The van der Waals surface area contributed by atoms with E-state index in [2.05, 4.69) is 10.6 Å². The molecule has 11 nitrogen and oxygen atoms in total. The third-order valence-corrected chi connectivity index (χ3v) is 6.82. The van der Waals surface area contributed by atoms with Gasteiger partial charge in [-0.15, -0.1) is 0 Å². The number of anilines is 1. The summed E-state index contributed by atoms with van der Waals surface area (Å²) in [5, 5.41) is 15.2. The van der Waals surface area contributed by atoms with Crippen LogP contribution in [0.4, 0.5) is 5.69 Å². The number of ether oxygens (including phenoxy) is 3. The van der Waals surface area contributed by atoms with E-state index >= 15 is 0 Å². The highest BCUT2D eigenvalue weighted by Gasteiger charge is 2.44. The summed E-state index contributed by atoms with van der Waals surface area (Å²) in [6, 6.07) is 19.8. The Morgan fingerprint density at radius 2 is 1.52 bits per heavy atom. The molecule has 218 valence electrons. The van der Waals surface area contributed by atoms with Crippen LogP contribution in [0.5, 0.6) is 5.75 Å². The number of para-hydroxylation sites is 1. The number of phenols is 1. The molecule has 0 aromatic heterocycles. The molecule has 3 aromatic carbocycles. The Hall–Kier alpha value is -5.19. The number of amides is 2. The number of hydrogen-bond acceptors (Lipinski definition) is 9. The summed E-state index contributed by atoms with van der Waals surface area (Å²) in [6.45, 7) is 2.90. The zero-order valence-corrected chi connectivity index (χ0v) is 22.9. The van der Waals surface area contributed by atoms with Crippen LogP contribution in [0, 0.1) is 5.92 Å². The SMILES string of the molecule is C[C@@H]1OC(=O)[C@@H](NC(=O)c2cccc(NC=O)c2O)[C@@H](C)OC(=O)[C@H](Cc2ccccc2)[C@H]1OC(=O)c1ccccc1. The van der Waals surface area contributed by atoms with Crippen LogP contribution in [-0.2, 0) is 35.0 Å². The van der Waals surface area contributed by atoms with Gasteiger partial charge < -0.3 is 30.0 Å². The molecule has 42 heavy (non-hydrogen) atoms. The lowest BCUT2D eigenvalue weighted by molar-refractivity contribution is -0.160. The molecule has 1 heterocycles. The lowest BCUT2D eigenvalue weighted by Gasteiger charge is -2.29. The number of esters is 3. The van der Waals surface area contributed by atoms with E-state index < -0.39 is 59.8 Å². The summed E-state index contributed by atoms with van der Waals surface area (Å²) in [6.07, 6.45) is -3.11. The molecule has 0 spiro atoms. The number of benzene rings is 3. The molecule has 1 aliphatic heterocycles. The number of carbonyl (C=O) groups excluding carboxylic acids is 5. The van der Waals surface area contributed by atoms with Gasteiger partial charge in [-0.3, -0.25) is 14.4 Å². The molecule has 11 heteroatoms. The van der Waals surface area contributed by atoms with Crippen LogP contribution < -0.4 is 10.6 Å². The van der Waals surface area contributed by atoms with Crippen molar-refractivity contribution >= 4 is 35.9 Å². The Bertz CT molecular complexity index is 1450. The number of hydrogen-bond donors (Lipinski definition) is 3. The average Bonchev–Trinajstić information content (AvgIpc) is 3.01. The molecular weight excluding hydrogens is 544 g/mol. The number of nitrogens with one attached hydrogen (secondary N) is 2. The van der Waals surface area contributed by atoms with E-state index in [0.717, 1.165) is 5.56 Å². The van der Waals surface area contributed by atoms with E-state index in [1.807, 2.05) is 6.07 Å². The Morgan fingerprint density at radius 1 is 0.881 bits per heavy atom. The number of carbonyl (C=O) groups is 5. The quantitative estimate of drug-likeness (QED) is 0.159. The summed E-state index contributed by atoms with van der Waals surface area (Å²) >= 11 is 0. The summed E-state index contributed by atoms with van der Waals surface area (Å²) in [5.41, 5.74) is 0.745. The van der Waals surface area contributed by atoms with Gasteiger partial charge in [-0.25, -0.2) is 9.59 Å². The van der Waals surface area contributed by atoms with Gasteiger partial charge >= 0.3 is 17.9 Å². The Kier molecular flexibility index (Phi) is 9.53. The molecule has 5 atom stereocenters. The van der Waals surface area contributed by atoms with Gasteiger partial charge in [-0.1, -0.05) is 54.6 Å². The second-order valence-electron chi connectivity index (χ2n) is 9.73. The lowest BCUT2D eigenvalue weighted by Crippen LogP contribution is -2.50. The maximum atomic E-state index is 13.6. The summed E-state index contributed by atoms with van der Waals surface area (Å²) in [5.74, 6) is -4.89. The van der Waals surface area contributed by atoms with Crippen LogP contribution in [0.15, 0.2) is 78.9 Å². The van der Waals surface area contributed by atoms with Crippen molar-refractivity contribution in [1.82, 2.24) is 5.32 Å². The Balaban J connectivity index is 1.64. The zero-order valence-electron chi connectivity index (χ0n) is 22.9. The second-order valence-corrected chi connectivity index (χ2v) is 9.73. The fourth-order valence-corrected chi connectivity index (χ4v) is 4.63. The minimum Gasteiger partial charge on any atom is -0.505 e. The lowest BCUT2D eigenvalue weighted by atomic mass is 9.91. The van der Waals surface area contributed by atoms with Crippen molar-refractivity contribution in [3.8, 4) is 5.75 Å².